The molecule has 3 N–H and O–H groups in total. The number of thiophene rings is 1. The molecular formula is C8H9BrN4O2S3. The standard InChI is InChI=1S/C8H9BrN4O2S3/c1-4-11-12-8(16-4)13-18(14,15)6-2-5(3-10)17-7(6)9/h2H,3,10H2,1H3,(H,12,13). The molecule has 0 spiro atoms. The van der Waals surface area contributed by atoms with Gasteiger partial charge in [-0.3, -0.25) is 4.72 Å². The van der Waals surface area contributed by atoms with Crippen molar-refractivity contribution in [3.63, 3.8) is 0 Å². The number of hydrogen-bond acceptors (Lipinski definition) is 7. The molecule has 98 valence electrons. The third-order valence-corrected chi connectivity index (χ3v) is 6.44. The third-order valence-electron chi connectivity index (χ3n) is 1.94. The topological polar surface area (TPSA) is 98.0 Å². The van der Waals surface area contributed by atoms with Gasteiger partial charge >= 0.3 is 0 Å². The van der Waals surface area contributed by atoms with Gasteiger partial charge in [0.15, 0.2) is 0 Å². The lowest BCUT2D eigenvalue weighted by molar-refractivity contribution is 0.601. The van der Waals surface area contributed by atoms with Crippen LogP contribution < -0.4 is 10.5 Å². The molecule has 2 heterocycles. The second kappa shape index (κ2) is 5.21. The average Bonchev–Trinajstić information content (AvgIpc) is 2.84. The molecule has 0 atom stereocenters. The highest BCUT2D eigenvalue weighted by molar-refractivity contribution is 9.11. The Bertz CT molecular complexity index is 664. The van der Waals surface area contributed by atoms with Crippen LogP contribution in [0, 0.1) is 6.92 Å². The minimum atomic E-state index is -3.65. The highest BCUT2D eigenvalue weighted by Crippen LogP contribution is 2.32. The van der Waals surface area contributed by atoms with Crippen molar-refractivity contribution in [1.29, 1.82) is 0 Å². The normalized spacial score (nSPS) is 11.7. The van der Waals surface area contributed by atoms with E-state index in [4.69, 9.17) is 5.73 Å². The number of anilines is 1. The van der Waals surface area contributed by atoms with Crippen molar-refractivity contribution in [1.82, 2.24) is 10.2 Å². The van der Waals surface area contributed by atoms with Crippen molar-refractivity contribution >= 4 is 53.8 Å². The first-order valence-corrected chi connectivity index (χ1v) is 8.64. The van der Waals surface area contributed by atoms with Gasteiger partial charge < -0.3 is 5.73 Å². The van der Waals surface area contributed by atoms with Crippen LogP contribution in [0.3, 0.4) is 0 Å². The Morgan fingerprint density at radius 3 is 2.67 bits per heavy atom. The van der Waals surface area contributed by atoms with Crippen LogP contribution in [0.4, 0.5) is 5.13 Å². The Labute approximate surface area is 120 Å². The van der Waals surface area contributed by atoms with E-state index >= 15 is 0 Å². The van der Waals surface area contributed by atoms with Crippen LogP contribution in [-0.4, -0.2) is 18.6 Å². The Hall–Kier alpha value is -0.550. The van der Waals surface area contributed by atoms with Gasteiger partial charge in [-0.25, -0.2) is 8.42 Å². The second-order valence-electron chi connectivity index (χ2n) is 3.29. The lowest BCUT2D eigenvalue weighted by Gasteiger charge is -2.02. The molecule has 0 aliphatic rings. The maximum absolute atomic E-state index is 12.1. The summed E-state index contributed by atoms with van der Waals surface area (Å²) in [4.78, 5) is 0.955. The van der Waals surface area contributed by atoms with Crippen LogP contribution in [0.25, 0.3) is 0 Å². The number of nitrogens with zero attached hydrogens (tertiary/aromatic N) is 2. The predicted molar refractivity (Wildman–Crippen MR) is 75.4 cm³/mol. The van der Waals surface area contributed by atoms with Gasteiger partial charge in [0, 0.05) is 11.4 Å². The van der Waals surface area contributed by atoms with Gasteiger partial charge in [0.25, 0.3) is 10.0 Å². The fourth-order valence-corrected chi connectivity index (χ4v) is 5.57. The molecule has 0 aliphatic carbocycles. The fraction of sp³-hybridized carbons (Fsp3) is 0.250. The predicted octanol–water partition coefficient (Wildman–Crippen LogP) is 1.93. The minimum absolute atomic E-state index is 0.167. The van der Waals surface area contributed by atoms with E-state index in [1.807, 2.05) is 0 Å². The van der Waals surface area contributed by atoms with Gasteiger partial charge in [-0.05, 0) is 28.9 Å². The number of nitrogens with two attached hydrogens (primary N) is 1. The summed E-state index contributed by atoms with van der Waals surface area (Å²) in [5, 5.41) is 8.42. The summed E-state index contributed by atoms with van der Waals surface area (Å²) in [6, 6.07) is 1.55. The molecule has 2 aromatic heterocycles. The number of hydrogen-bond donors (Lipinski definition) is 2. The Morgan fingerprint density at radius 2 is 2.17 bits per heavy atom. The van der Waals surface area contributed by atoms with E-state index in [0.717, 1.165) is 4.88 Å². The van der Waals surface area contributed by atoms with E-state index in [2.05, 4.69) is 30.8 Å². The molecule has 0 radical (unpaired) electrons. The lowest BCUT2D eigenvalue weighted by Crippen LogP contribution is -2.12. The molecule has 0 fully saturated rings. The van der Waals surface area contributed by atoms with E-state index in [9.17, 15) is 8.42 Å². The first kappa shape index (κ1) is 13.9. The quantitative estimate of drug-likeness (QED) is 0.858. The molecule has 0 bridgehead atoms. The van der Waals surface area contributed by atoms with Crippen LogP contribution in [0.2, 0.25) is 0 Å². The van der Waals surface area contributed by atoms with E-state index in [0.29, 0.717) is 15.3 Å². The number of halogens is 1. The first-order chi connectivity index (χ1) is 8.42. The summed E-state index contributed by atoms with van der Waals surface area (Å²) in [7, 11) is -3.65. The number of aromatic nitrogens is 2. The number of rotatable bonds is 4. The van der Waals surface area contributed by atoms with Crippen LogP contribution >= 0.6 is 38.6 Å². The smallest absolute Gasteiger partial charge is 0.265 e. The summed E-state index contributed by atoms with van der Waals surface area (Å²) in [5.41, 5.74) is 5.49. The number of sulfonamides is 1. The van der Waals surface area contributed by atoms with Crippen LogP contribution in [-0.2, 0) is 16.6 Å². The molecule has 0 saturated heterocycles. The van der Waals surface area contributed by atoms with Crippen LogP contribution in [0.5, 0.6) is 0 Å². The minimum Gasteiger partial charge on any atom is -0.326 e. The zero-order valence-corrected chi connectivity index (χ0v) is 13.2. The van der Waals surface area contributed by atoms with Crippen molar-refractivity contribution in [2.45, 2.75) is 18.4 Å². The molecule has 0 aliphatic heterocycles. The largest absolute Gasteiger partial charge is 0.326 e. The van der Waals surface area contributed by atoms with Crippen molar-refractivity contribution in [3.8, 4) is 0 Å². The number of nitrogens with one attached hydrogen (secondary N) is 1. The van der Waals surface area contributed by atoms with E-state index < -0.39 is 10.0 Å². The van der Waals surface area contributed by atoms with Crippen molar-refractivity contribution in [3.05, 3.63) is 19.7 Å². The summed E-state index contributed by atoms with van der Waals surface area (Å²) in [6.07, 6.45) is 0. The summed E-state index contributed by atoms with van der Waals surface area (Å²) in [6.45, 7) is 2.05. The van der Waals surface area contributed by atoms with Crippen molar-refractivity contribution in [2.24, 2.45) is 5.73 Å². The van der Waals surface area contributed by atoms with E-state index in [1.165, 1.54) is 22.7 Å². The molecule has 0 amide bonds. The highest BCUT2D eigenvalue weighted by Gasteiger charge is 2.22. The van der Waals surface area contributed by atoms with E-state index in [1.54, 1.807) is 13.0 Å². The van der Waals surface area contributed by atoms with Crippen LogP contribution in [0.15, 0.2) is 14.7 Å². The first-order valence-electron chi connectivity index (χ1n) is 4.73. The van der Waals surface area contributed by atoms with Crippen LogP contribution in [0.1, 0.15) is 9.88 Å². The maximum Gasteiger partial charge on any atom is 0.265 e. The summed E-state index contributed by atoms with van der Waals surface area (Å²) >= 11 is 5.70. The SMILES string of the molecule is Cc1nnc(NS(=O)(=O)c2cc(CN)sc2Br)s1. The fourth-order valence-electron chi connectivity index (χ4n) is 1.19. The molecule has 0 saturated carbocycles. The summed E-state index contributed by atoms with van der Waals surface area (Å²) in [5.74, 6) is 0. The van der Waals surface area contributed by atoms with E-state index in [-0.39, 0.29) is 10.0 Å². The molecule has 2 aromatic rings. The molecule has 0 unspecified atom stereocenters. The van der Waals surface area contributed by atoms with Crippen molar-refractivity contribution in [2.75, 3.05) is 4.72 Å². The lowest BCUT2D eigenvalue weighted by atomic mass is 10.5. The third kappa shape index (κ3) is 2.88. The van der Waals surface area contributed by atoms with Gasteiger partial charge in [-0.15, -0.1) is 21.5 Å². The molecular weight excluding hydrogens is 360 g/mol. The van der Waals surface area contributed by atoms with Gasteiger partial charge in [0.05, 0.1) is 3.79 Å². The molecule has 18 heavy (non-hydrogen) atoms. The summed E-state index contributed by atoms with van der Waals surface area (Å²) < 4.78 is 27.2. The molecule has 6 nitrogen and oxygen atoms in total. The zero-order valence-electron chi connectivity index (χ0n) is 9.18. The second-order valence-corrected chi connectivity index (χ2v) is 8.57. The van der Waals surface area contributed by atoms with Gasteiger partial charge in [0.2, 0.25) is 5.13 Å². The average molecular weight is 369 g/mol. The Balaban J connectivity index is 2.33. The molecule has 10 heteroatoms. The van der Waals surface area contributed by atoms with Gasteiger partial charge in [0.1, 0.15) is 9.90 Å². The molecule has 0 aromatic carbocycles. The van der Waals surface area contributed by atoms with Gasteiger partial charge in [-0.1, -0.05) is 11.3 Å². The van der Waals surface area contributed by atoms with Crippen molar-refractivity contribution < 1.29 is 8.42 Å². The molecule has 2 rings (SSSR count). The van der Waals surface area contributed by atoms with Gasteiger partial charge in [-0.2, -0.15) is 0 Å². The highest BCUT2D eigenvalue weighted by atomic mass is 79.9. The monoisotopic (exact) mass is 368 g/mol. The Kier molecular flexibility index (Phi) is 4.02. The maximum atomic E-state index is 12.1. The Morgan fingerprint density at radius 1 is 1.44 bits per heavy atom. The number of aryl methyl sites for hydroxylation is 1. The zero-order chi connectivity index (χ0) is 13.3.